The van der Waals surface area contributed by atoms with Crippen molar-refractivity contribution in [3.05, 3.63) is 47.4 Å². The molecule has 0 saturated carbocycles. The molecule has 1 aromatic heterocycles. The number of nitrogens with one attached hydrogen (secondary N) is 2. The second-order valence-corrected chi connectivity index (χ2v) is 6.08. The van der Waals surface area contributed by atoms with E-state index in [0.29, 0.717) is 17.0 Å². The number of imidazole rings is 1. The van der Waals surface area contributed by atoms with Crippen molar-refractivity contribution in [1.29, 1.82) is 0 Å². The number of sulfonamides is 1. The van der Waals surface area contributed by atoms with Gasteiger partial charge in [-0.25, -0.2) is 18.1 Å². The summed E-state index contributed by atoms with van der Waals surface area (Å²) in [6.45, 7) is 1.74. The molecule has 0 aliphatic rings. The number of hydrogen-bond donors (Lipinski definition) is 4. The van der Waals surface area contributed by atoms with Crippen LogP contribution < -0.4 is 10.5 Å². The normalized spacial score (nSPS) is 12.5. The third-order valence-electron chi connectivity index (χ3n) is 2.77. The fourth-order valence-electron chi connectivity index (χ4n) is 1.69. The van der Waals surface area contributed by atoms with Crippen LogP contribution in [0.5, 0.6) is 0 Å². The zero-order chi connectivity index (χ0) is 15.5. The number of nitrogens with two attached hydrogens (primary N) is 1. The van der Waals surface area contributed by atoms with Gasteiger partial charge in [0.25, 0.3) is 10.0 Å². The van der Waals surface area contributed by atoms with E-state index in [9.17, 15) is 8.42 Å². The van der Waals surface area contributed by atoms with Crippen molar-refractivity contribution < 1.29 is 13.6 Å². The molecule has 0 saturated heterocycles. The first-order chi connectivity index (χ1) is 9.92. The molecule has 5 N–H and O–H groups in total. The van der Waals surface area contributed by atoms with Crippen molar-refractivity contribution >= 4 is 15.9 Å². The molecule has 112 valence electrons. The highest BCUT2D eigenvalue weighted by atomic mass is 32.2. The van der Waals surface area contributed by atoms with Crippen LogP contribution in [0.15, 0.2) is 40.6 Å². The molecular formula is C12H15N5O3S. The Balaban J connectivity index is 2.13. The Kier molecular flexibility index (Phi) is 4.24. The van der Waals surface area contributed by atoms with Gasteiger partial charge in [0.05, 0.1) is 6.20 Å². The highest BCUT2D eigenvalue weighted by molar-refractivity contribution is 7.89. The summed E-state index contributed by atoms with van der Waals surface area (Å²) in [5, 5.41) is 11.5. The lowest BCUT2D eigenvalue weighted by atomic mass is 10.1. The van der Waals surface area contributed by atoms with Gasteiger partial charge in [-0.1, -0.05) is 23.4 Å². The SMILES string of the molecule is Cc1ncc(S(=O)(=O)NCc2cccc(C(N)=NO)c2)[nH]1. The highest BCUT2D eigenvalue weighted by Gasteiger charge is 2.16. The molecule has 0 fully saturated rings. The number of hydrogen-bond acceptors (Lipinski definition) is 5. The fourth-order valence-corrected chi connectivity index (χ4v) is 2.68. The smallest absolute Gasteiger partial charge is 0.257 e. The van der Waals surface area contributed by atoms with Gasteiger partial charge in [-0.2, -0.15) is 0 Å². The quantitative estimate of drug-likeness (QED) is 0.273. The van der Waals surface area contributed by atoms with Crippen LogP contribution in [-0.2, 0) is 16.6 Å². The minimum atomic E-state index is -3.66. The van der Waals surface area contributed by atoms with Gasteiger partial charge < -0.3 is 15.9 Å². The van der Waals surface area contributed by atoms with Gasteiger partial charge in [-0.05, 0) is 18.6 Å². The number of aryl methyl sites for hydroxylation is 1. The predicted octanol–water partition coefficient (Wildman–Crippen LogP) is 0.291. The van der Waals surface area contributed by atoms with Crippen molar-refractivity contribution in [3.63, 3.8) is 0 Å². The minimum Gasteiger partial charge on any atom is -0.409 e. The molecule has 8 nitrogen and oxygen atoms in total. The Bertz CT molecular complexity index is 767. The molecule has 2 rings (SSSR count). The Morgan fingerprint density at radius 1 is 1.52 bits per heavy atom. The van der Waals surface area contributed by atoms with E-state index in [-0.39, 0.29) is 17.4 Å². The maximum atomic E-state index is 12.0. The Morgan fingerprint density at radius 3 is 2.90 bits per heavy atom. The van der Waals surface area contributed by atoms with Gasteiger partial charge in [0.15, 0.2) is 10.9 Å². The molecular weight excluding hydrogens is 294 g/mol. The highest BCUT2D eigenvalue weighted by Crippen LogP contribution is 2.08. The molecule has 21 heavy (non-hydrogen) atoms. The molecule has 1 aromatic carbocycles. The van der Waals surface area contributed by atoms with Crippen molar-refractivity contribution in [3.8, 4) is 0 Å². The van der Waals surface area contributed by atoms with Crippen LogP contribution in [0.25, 0.3) is 0 Å². The zero-order valence-electron chi connectivity index (χ0n) is 11.2. The molecule has 0 radical (unpaired) electrons. The molecule has 0 bridgehead atoms. The first kappa shape index (κ1) is 15.0. The lowest BCUT2D eigenvalue weighted by Gasteiger charge is -2.06. The summed E-state index contributed by atoms with van der Waals surface area (Å²) in [7, 11) is -3.66. The topological polar surface area (TPSA) is 133 Å². The number of oxime groups is 1. The van der Waals surface area contributed by atoms with Gasteiger partial charge in [0.2, 0.25) is 0 Å². The molecule has 9 heteroatoms. The molecule has 0 amide bonds. The van der Waals surface area contributed by atoms with E-state index in [2.05, 4.69) is 19.8 Å². The number of aromatic amines is 1. The van der Waals surface area contributed by atoms with Crippen molar-refractivity contribution in [2.75, 3.05) is 0 Å². The number of aromatic nitrogens is 2. The van der Waals surface area contributed by atoms with E-state index < -0.39 is 10.0 Å². The number of rotatable bonds is 5. The van der Waals surface area contributed by atoms with Gasteiger partial charge in [0, 0.05) is 12.1 Å². The van der Waals surface area contributed by atoms with E-state index in [0.717, 1.165) is 0 Å². The lowest BCUT2D eigenvalue weighted by Crippen LogP contribution is -2.24. The maximum Gasteiger partial charge on any atom is 0.257 e. The summed E-state index contributed by atoms with van der Waals surface area (Å²) in [6, 6.07) is 6.72. The maximum absolute atomic E-state index is 12.0. The molecule has 2 aromatic rings. The lowest BCUT2D eigenvalue weighted by molar-refractivity contribution is 0.318. The van der Waals surface area contributed by atoms with E-state index >= 15 is 0 Å². The van der Waals surface area contributed by atoms with Crippen molar-refractivity contribution in [1.82, 2.24) is 14.7 Å². The van der Waals surface area contributed by atoms with Gasteiger partial charge in [0.1, 0.15) is 5.82 Å². The number of H-pyrrole nitrogens is 1. The third kappa shape index (κ3) is 3.58. The first-order valence-corrected chi connectivity index (χ1v) is 7.49. The van der Waals surface area contributed by atoms with Crippen LogP contribution in [0, 0.1) is 6.92 Å². The average Bonchev–Trinajstić information content (AvgIpc) is 2.92. The Morgan fingerprint density at radius 2 is 2.29 bits per heavy atom. The van der Waals surface area contributed by atoms with Crippen LogP contribution in [0.1, 0.15) is 17.0 Å². The van der Waals surface area contributed by atoms with Gasteiger partial charge >= 0.3 is 0 Å². The monoisotopic (exact) mass is 309 g/mol. The Hall–Kier alpha value is -2.39. The molecule has 1 heterocycles. The first-order valence-electron chi connectivity index (χ1n) is 6.00. The van der Waals surface area contributed by atoms with Gasteiger partial charge in [-0.3, -0.25) is 0 Å². The van der Waals surface area contributed by atoms with E-state index in [4.69, 9.17) is 10.9 Å². The van der Waals surface area contributed by atoms with E-state index in [1.807, 2.05) is 0 Å². The largest absolute Gasteiger partial charge is 0.409 e. The van der Waals surface area contributed by atoms with Crippen LogP contribution >= 0.6 is 0 Å². The Labute approximate surface area is 121 Å². The van der Waals surface area contributed by atoms with Crippen LogP contribution in [0.4, 0.5) is 0 Å². The third-order valence-corrected chi connectivity index (χ3v) is 4.08. The van der Waals surface area contributed by atoms with Crippen LogP contribution in [-0.4, -0.2) is 29.4 Å². The molecule has 0 unspecified atom stereocenters. The van der Waals surface area contributed by atoms with Gasteiger partial charge in [-0.15, -0.1) is 0 Å². The summed E-state index contributed by atoms with van der Waals surface area (Å²) >= 11 is 0. The zero-order valence-corrected chi connectivity index (χ0v) is 12.1. The number of nitrogens with zero attached hydrogens (tertiary/aromatic N) is 2. The van der Waals surface area contributed by atoms with Crippen LogP contribution in [0.3, 0.4) is 0 Å². The summed E-state index contributed by atoms with van der Waals surface area (Å²) in [5.74, 6) is 0.480. The summed E-state index contributed by atoms with van der Waals surface area (Å²) in [4.78, 5) is 6.51. The predicted molar refractivity (Wildman–Crippen MR) is 76.3 cm³/mol. The minimum absolute atomic E-state index is 0.00703. The second kappa shape index (κ2) is 5.94. The fraction of sp³-hybridized carbons (Fsp3) is 0.167. The summed E-state index contributed by atoms with van der Waals surface area (Å²) in [5.41, 5.74) is 6.67. The van der Waals surface area contributed by atoms with Crippen LogP contribution in [0.2, 0.25) is 0 Å². The second-order valence-electron chi connectivity index (χ2n) is 4.34. The number of benzene rings is 1. The number of amidine groups is 1. The van der Waals surface area contributed by atoms with Crippen molar-refractivity contribution in [2.45, 2.75) is 18.5 Å². The summed E-state index contributed by atoms with van der Waals surface area (Å²) in [6.07, 6.45) is 1.25. The standard InChI is InChI=1S/C12H15N5O3S/c1-8-14-7-11(16-8)21(19,20)15-6-9-3-2-4-10(5-9)12(13)17-18/h2-5,7,15,18H,6H2,1H3,(H2,13,17)(H,14,16). The van der Waals surface area contributed by atoms with E-state index in [1.54, 1.807) is 31.2 Å². The molecule has 0 atom stereocenters. The van der Waals surface area contributed by atoms with Crippen molar-refractivity contribution in [2.24, 2.45) is 10.9 Å². The molecule has 0 aliphatic carbocycles. The molecule has 0 spiro atoms. The van der Waals surface area contributed by atoms with E-state index in [1.165, 1.54) is 6.20 Å². The average molecular weight is 309 g/mol. The molecule has 0 aliphatic heterocycles. The summed E-state index contributed by atoms with van der Waals surface area (Å²) < 4.78 is 26.5.